The third-order valence-corrected chi connectivity index (χ3v) is 3.64. The molecule has 0 aliphatic carbocycles. The maximum Gasteiger partial charge on any atom is 0.335 e. The van der Waals surface area contributed by atoms with Crippen molar-refractivity contribution in [2.45, 2.75) is 26.4 Å². The van der Waals surface area contributed by atoms with Crippen molar-refractivity contribution in [1.82, 2.24) is 4.90 Å². The van der Waals surface area contributed by atoms with E-state index in [-0.39, 0.29) is 0 Å². The van der Waals surface area contributed by atoms with E-state index in [1.807, 2.05) is 36.4 Å². The molecule has 23 heavy (non-hydrogen) atoms. The summed E-state index contributed by atoms with van der Waals surface area (Å²) in [5.74, 6) is -0.903. The van der Waals surface area contributed by atoms with Gasteiger partial charge in [-0.3, -0.25) is 4.90 Å². The van der Waals surface area contributed by atoms with Gasteiger partial charge in [0.05, 0.1) is 17.2 Å². The molecular formula is C19H20N2O2. The number of rotatable bonds is 7. The summed E-state index contributed by atoms with van der Waals surface area (Å²) in [6, 6.07) is 16.8. The van der Waals surface area contributed by atoms with Gasteiger partial charge in [0.1, 0.15) is 0 Å². The van der Waals surface area contributed by atoms with Gasteiger partial charge in [-0.1, -0.05) is 31.2 Å². The third kappa shape index (κ3) is 4.94. The maximum atomic E-state index is 10.9. The van der Waals surface area contributed by atoms with Gasteiger partial charge in [-0.25, -0.2) is 4.79 Å². The summed E-state index contributed by atoms with van der Waals surface area (Å²) in [6.45, 7) is 4.67. The predicted octanol–water partition coefficient (Wildman–Crippen LogP) is 3.67. The molecule has 0 saturated heterocycles. The standard InChI is InChI=1S/C19H20N2O2/c1-2-11-21(13-16-5-3-15(12-20)4-6-16)14-17-7-9-18(10-8-17)19(22)23/h3-10H,2,11,13-14H2,1H3,(H,22,23). The van der Waals surface area contributed by atoms with Crippen LogP contribution >= 0.6 is 0 Å². The Labute approximate surface area is 136 Å². The highest BCUT2D eigenvalue weighted by atomic mass is 16.4. The topological polar surface area (TPSA) is 64.3 Å². The molecule has 0 aliphatic rings. The van der Waals surface area contributed by atoms with Gasteiger partial charge in [0.15, 0.2) is 0 Å². The van der Waals surface area contributed by atoms with E-state index in [0.29, 0.717) is 11.1 Å². The van der Waals surface area contributed by atoms with E-state index < -0.39 is 5.97 Å². The Kier molecular flexibility index (Phi) is 5.90. The SMILES string of the molecule is CCCN(Cc1ccc(C#N)cc1)Cc1ccc(C(=O)O)cc1. The smallest absolute Gasteiger partial charge is 0.335 e. The minimum absolute atomic E-state index is 0.308. The number of hydrogen-bond acceptors (Lipinski definition) is 3. The number of carbonyl (C=O) groups is 1. The van der Waals surface area contributed by atoms with E-state index in [4.69, 9.17) is 10.4 Å². The molecule has 4 heteroatoms. The monoisotopic (exact) mass is 308 g/mol. The van der Waals surface area contributed by atoms with Crippen LogP contribution in [-0.4, -0.2) is 22.5 Å². The third-order valence-electron chi connectivity index (χ3n) is 3.64. The van der Waals surface area contributed by atoms with Gasteiger partial charge >= 0.3 is 5.97 Å². The summed E-state index contributed by atoms with van der Waals surface area (Å²) in [5, 5.41) is 17.8. The fraction of sp³-hybridized carbons (Fsp3) is 0.263. The molecule has 0 radical (unpaired) electrons. The zero-order valence-electron chi connectivity index (χ0n) is 13.2. The molecule has 4 nitrogen and oxygen atoms in total. The summed E-state index contributed by atoms with van der Waals surface area (Å²) in [6.07, 6.45) is 1.05. The summed E-state index contributed by atoms with van der Waals surface area (Å²) >= 11 is 0. The first-order valence-corrected chi connectivity index (χ1v) is 7.66. The Balaban J connectivity index is 2.05. The van der Waals surface area contributed by atoms with E-state index in [9.17, 15) is 4.79 Å². The van der Waals surface area contributed by atoms with E-state index in [1.165, 1.54) is 5.56 Å². The first kappa shape index (κ1) is 16.7. The number of benzene rings is 2. The first-order chi connectivity index (χ1) is 11.1. The average molecular weight is 308 g/mol. The largest absolute Gasteiger partial charge is 0.478 e. The molecule has 2 rings (SSSR count). The van der Waals surface area contributed by atoms with Crippen molar-refractivity contribution in [3.8, 4) is 6.07 Å². The first-order valence-electron chi connectivity index (χ1n) is 7.66. The Bertz CT molecular complexity index is 685. The zero-order valence-corrected chi connectivity index (χ0v) is 13.2. The summed E-state index contributed by atoms with van der Waals surface area (Å²) in [4.78, 5) is 13.2. The van der Waals surface area contributed by atoms with Crippen LogP contribution in [0.15, 0.2) is 48.5 Å². The van der Waals surface area contributed by atoms with Crippen LogP contribution in [0.1, 0.15) is 40.4 Å². The summed E-state index contributed by atoms with van der Waals surface area (Å²) in [7, 11) is 0. The number of aromatic carboxylic acids is 1. The Morgan fingerprint density at radius 1 is 1.04 bits per heavy atom. The van der Waals surface area contributed by atoms with Gasteiger partial charge < -0.3 is 5.11 Å². The van der Waals surface area contributed by atoms with Crippen molar-refractivity contribution < 1.29 is 9.90 Å². The number of nitriles is 1. The highest BCUT2D eigenvalue weighted by Crippen LogP contribution is 2.13. The van der Waals surface area contributed by atoms with Crippen LogP contribution in [0.2, 0.25) is 0 Å². The lowest BCUT2D eigenvalue weighted by Gasteiger charge is -2.22. The molecule has 0 unspecified atom stereocenters. The van der Waals surface area contributed by atoms with Crippen LogP contribution in [0, 0.1) is 11.3 Å². The molecular weight excluding hydrogens is 288 g/mol. The van der Waals surface area contributed by atoms with Crippen LogP contribution < -0.4 is 0 Å². The molecule has 0 saturated carbocycles. The molecule has 2 aromatic carbocycles. The zero-order chi connectivity index (χ0) is 16.7. The van der Waals surface area contributed by atoms with Crippen LogP contribution in [0.3, 0.4) is 0 Å². The number of hydrogen-bond donors (Lipinski definition) is 1. The second-order valence-corrected chi connectivity index (χ2v) is 5.52. The Hall–Kier alpha value is -2.64. The highest BCUT2D eigenvalue weighted by Gasteiger charge is 2.08. The van der Waals surface area contributed by atoms with Crippen LogP contribution in [0.25, 0.3) is 0 Å². The fourth-order valence-electron chi connectivity index (χ4n) is 2.48. The second-order valence-electron chi connectivity index (χ2n) is 5.52. The van der Waals surface area contributed by atoms with Crippen molar-refractivity contribution in [3.05, 3.63) is 70.8 Å². The molecule has 0 atom stereocenters. The molecule has 1 N–H and O–H groups in total. The van der Waals surface area contributed by atoms with Gasteiger partial charge in [-0.05, 0) is 48.4 Å². The number of carboxylic acid groups (broad SMARTS) is 1. The van der Waals surface area contributed by atoms with Crippen molar-refractivity contribution in [1.29, 1.82) is 5.26 Å². The molecule has 0 spiro atoms. The number of nitrogens with zero attached hydrogens (tertiary/aromatic N) is 2. The molecule has 0 fully saturated rings. The Morgan fingerprint density at radius 2 is 1.57 bits per heavy atom. The molecule has 0 heterocycles. The minimum atomic E-state index is -0.903. The molecule has 0 aromatic heterocycles. The van der Waals surface area contributed by atoms with E-state index in [2.05, 4.69) is 17.9 Å². The highest BCUT2D eigenvalue weighted by molar-refractivity contribution is 5.87. The lowest BCUT2D eigenvalue weighted by Crippen LogP contribution is -2.23. The predicted molar refractivity (Wildman–Crippen MR) is 89.0 cm³/mol. The lowest BCUT2D eigenvalue weighted by atomic mass is 10.1. The molecule has 0 aliphatic heterocycles. The quantitative estimate of drug-likeness (QED) is 0.847. The second kappa shape index (κ2) is 8.11. The normalized spacial score (nSPS) is 10.5. The average Bonchev–Trinajstić information content (AvgIpc) is 2.56. The van der Waals surface area contributed by atoms with Gasteiger partial charge in [0.2, 0.25) is 0 Å². The van der Waals surface area contributed by atoms with Gasteiger partial charge in [0, 0.05) is 13.1 Å². The minimum Gasteiger partial charge on any atom is -0.478 e. The molecule has 118 valence electrons. The van der Waals surface area contributed by atoms with E-state index >= 15 is 0 Å². The van der Waals surface area contributed by atoms with E-state index in [0.717, 1.165) is 31.6 Å². The van der Waals surface area contributed by atoms with Gasteiger partial charge in [-0.2, -0.15) is 5.26 Å². The van der Waals surface area contributed by atoms with Crippen LogP contribution in [0.4, 0.5) is 0 Å². The Morgan fingerprint density at radius 3 is 2.00 bits per heavy atom. The van der Waals surface area contributed by atoms with Crippen molar-refractivity contribution in [2.24, 2.45) is 0 Å². The van der Waals surface area contributed by atoms with Crippen LogP contribution in [-0.2, 0) is 13.1 Å². The fourth-order valence-corrected chi connectivity index (χ4v) is 2.48. The van der Waals surface area contributed by atoms with Gasteiger partial charge in [0.25, 0.3) is 0 Å². The summed E-state index contributed by atoms with van der Waals surface area (Å²) < 4.78 is 0. The molecule has 2 aromatic rings. The molecule has 0 bridgehead atoms. The van der Waals surface area contributed by atoms with Gasteiger partial charge in [-0.15, -0.1) is 0 Å². The van der Waals surface area contributed by atoms with Crippen molar-refractivity contribution in [2.75, 3.05) is 6.54 Å². The maximum absolute atomic E-state index is 10.9. The number of carboxylic acids is 1. The van der Waals surface area contributed by atoms with Crippen molar-refractivity contribution >= 4 is 5.97 Å². The molecule has 0 amide bonds. The lowest BCUT2D eigenvalue weighted by molar-refractivity contribution is 0.0697. The van der Waals surface area contributed by atoms with E-state index in [1.54, 1.807) is 12.1 Å². The van der Waals surface area contributed by atoms with Crippen molar-refractivity contribution in [3.63, 3.8) is 0 Å². The van der Waals surface area contributed by atoms with Crippen LogP contribution in [0.5, 0.6) is 0 Å². The summed E-state index contributed by atoms with van der Waals surface area (Å²) in [5.41, 5.74) is 3.24.